The van der Waals surface area contributed by atoms with Crippen LogP contribution in [0.3, 0.4) is 0 Å². The minimum Gasteiger partial charge on any atom is -0.191 e. The zero-order valence-electron chi connectivity index (χ0n) is 6.13. The summed E-state index contributed by atoms with van der Waals surface area (Å²) < 4.78 is 0. The van der Waals surface area contributed by atoms with Crippen LogP contribution >= 0.6 is 9.21 Å². The van der Waals surface area contributed by atoms with E-state index in [0.29, 0.717) is 11.2 Å². The van der Waals surface area contributed by atoms with E-state index in [2.05, 4.69) is 37.1 Å². The molecular weight excluding hydrogens is 128 g/mol. The summed E-state index contributed by atoms with van der Waals surface area (Å²) >= 11 is 0. The van der Waals surface area contributed by atoms with Gasteiger partial charge in [-0.05, 0) is 11.3 Å². The molecule has 0 radical (unpaired) electrons. The molecule has 1 aliphatic heterocycles. The van der Waals surface area contributed by atoms with Crippen molar-refractivity contribution in [2.75, 3.05) is 0 Å². The average molecular weight is 142 g/mol. The Labute approximate surface area is 58.1 Å². The Balaban J connectivity index is 3.01. The number of allylic oxidation sites excluding steroid dienone is 1. The minimum absolute atomic E-state index is 0.678. The van der Waals surface area contributed by atoms with Crippen molar-refractivity contribution in [3.8, 4) is 0 Å². The molecule has 2 atom stereocenters. The summed E-state index contributed by atoms with van der Waals surface area (Å²) in [4.78, 5) is 0. The second-order valence-corrected chi connectivity index (χ2v) is 5.93. The fourth-order valence-electron chi connectivity index (χ4n) is 0.988. The van der Waals surface area contributed by atoms with Crippen LogP contribution in [0.1, 0.15) is 13.8 Å². The molecule has 0 aliphatic carbocycles. The smallest absolute Gasteiger partial charge is 0.00125 e. The van der Waals surface area contributed by atoms with Crippen molar-refractivity contribution in [3.05, 3.63) is 11.5 Å². The summed E-state index contributed by atoms with van der Waals surface area (Å²) in [5.41, 5.74) is 0. The highest BCUT2D eigenvalue weighted by Gasteiger charge is 2.17. The molecular formula is C8H14S. The molecule has 9 heavy (non-hydrogen) atoms. The van der Waals surface area contributed by atoms with Gasteiger partial charge in [-0.15, -0.1) is 0 Å². The fourth-order valence-corrected chi connectivity index (χ4v) is 2.74. The van der Waals surface area contributed by atoms with Crippen molar-refractivity contribution < 1.29 is 0 Å². The predicted molar refractivity (Wildman–Crippen MR) is 49.6 cm³/mol. The molecule has 0 saturated heterocycles. The Morgan fingerprint density at radius 1 is 1.33 bits per heavy atom. The first-order valence-electron chi connectivity index (χ1n) is 3.20. The van der Waals surface area contributed by atoms with E-state index in [-0.39, 0.29) is 0 Å². The summed E-state index contributed by atoms with van der Waals surface area (Å²) in [6.45, 7) is 4.46. The number of hydrogen-bond donors (Lipinski definition) is 0. The highest BCUT2D eigenvalue weighted by atomic mass is 32.2. The molecule has 1 heterocycles. The molecule has 0 aromatic carbocycles. The van der Waals surface area contributed by atoms with Gasteiger partial charge < -0.3 is 0 Å². The number of rotatable bonds is 0. The largest absolute Gasteiger partial charge is 0.191 e. The summed E-state index contributed by atoms with van der Waals surface area (Å²) in [6.07, 6.45) is 2.24. The maximum atomic E-state index is 4.09. The lowest BCUT2D eigenvalue weighted by Crippen LogP contribution is -2.04. The highest BCUT2D eigenvalue weighted by molar-refractivity contribution is 8.30. The Hall–Kier alpha value is -0.170. The van der Waals surface area contributed by atoms with Gasteiger partial charge in [0.2, 0.25) is 0 Å². The SMILES string of the molecule is C=S1(=C)C=C[C@@H](C)[C@H]1C. The van der Waals surface area contributed by atoms with Gasteiger partial charge in [0.15, 0.2) is 0 Å². The summed E-state index contributed by atoms with van der Waals surface area (Å²) in [5, 5.41) is 2.88. The van der Waals surface area contributed by atoms with Gasteiger partial charge in [-0.2, -0.15) is 9.21 Å². The van der Waals surface area contributed by atoms with E-state index in [1.54, 1.807) is 0 Å². The normalized spacial score (nSPS) is 39.3. The predicted octanol–water partition coefficient (Wildman–Crippen LogP) is 2.21. The van der Waals surface area contributed by atoms with Gasteiger partial charge >= 0.3 is 0 Å². The number of hydrogen-bond acceptors (Lipinski definition) is 0. The van der Waals surface area contributed by atoms with Crippen LogP contribution in [0.15, 0.2) is 11.5 Å². The summed E-state index contributed by atoms with van der Waals surface area (Å²) in [5.74, 6) is 8.86. The third kappa shape index (κ3) is 1.06. The molecule has 0 aromatic heterocycles. The van der Waals surface area contributed by atoms with Gasteiger partial charge in [0, 0.05) is 5.25 Å². The average Bonchev–Trinajstić information content (AvgIpc) is 1.97. The lowest BCUT2D eigenvalue weighted by Gasteiger charge is -2.15. The van der Waals surface area contributed by atoms with Crippen molar-refractivity contribution >= 4 is 20.9 Å². The molecule has 0 bridgehead atoms. The molecule has 0 aromatic rings. The quantitative estimate of drug-likeness (QED) is 0.455. The second kappa shape index (κ2) is 1.91. The van der Waals surface area contributed by atoms with Crippen LogP contribution < -0.4 is 0 Å². The molecule has 1 aliphatic rings. The fraction of sp³-hybridized carbons (Fsp3) is 0.500. The van der Waals surface area contributed by atoms with E-state index in [0.717, 1.165) is 0 Å². The van der Waals surface area contributed by atoms with Crippen molar-refractivity contribution in [2.24, 2.45) is 5.92 Å². The van der Waals surface area contributed by atoms with Crippen LogP contribution in [0.25, 0.3) is 0 Å². The molecule has 0 saturated carbocycles. The van der Waals surface area contributed by atoms with Crippen LogP contribution in [0.4, 0.5) is 0 Å². The first kappa shape index (κ1) is 6.94. The highest BCUT2D eigenvalue weighted by Crippen LogP contribution is 2.39. The zero-order chi connectivity index (χ0) is 7.07. The third-order valence-electron chi connectivity index (χ3n) is 2.13. The van der Waals surface area contributed by atoms with Crippen LogP contribution in [0, 0.1) is 5.92 Å². The maximum absolute atomic E-state index is 4.09. The van der Waals surface area contributed by atoms with Crippen LogP contribution in [0.5, 0.6) is 0 Å². The van der Waals surface area contributed by atoms with E-state index in [1.807, 2.05) is 0 Å². The lowest BCUT2D eigenvalue weighted by atomic mass is 10.1. The Morgan fingerprint density at radius 3 is 2.00 bits per heavy atom. The van der Waals surface area contributed by atoms with E-state index < -0.39 is 9.21 Å². The Bertz CT molecular complexity index is 219. The van der Waals surface area contributed by atoms with Gasteiger partial charge in [0.25, 0.3) is 0 Å². The second-order valence-electron chi connectivity index (χ2n) is 2.90. The molecule has 1 rings (SSSR count). The van der Waals surface area contributed by atoms with Gasteiger partial charge in [0.1, 0.15) is 0 Å². The van der Waals surface area contributed by atoms with E-state index in [9.17, 15) is 0 Å². The first-order valence-corrected chi connectivity index (χ1v) is 5.30. The molecule has 0 fully saturated rings. The Morgan fingerprint density at radius 2 is 1.89 bits per heavy atom. The molecule has 0 unspecified atom stereocenters. The van der Waals surface area contributed by atoms with Gasteiger partial charge in [-0.25, -0.2) is 0 Å². The van der Waals surface area contributed by atoms with Gasteiger partial charge in [-0.1, -0.05) is 31.7 Å². The van der Waals surface area contributed by atoms with E-state index >= 15 is 0 Å². The van der Waals surface area contributed by atoms with E-state index in [4.69, 9.17) is 0 Å². The molecule has 0 amide bonds. The van der Waals surface area contributed by atoms with Crippen molar-refractivity contribution in [3.63, 3.8) is 0 Å². The monoisotopic (exact) mass is 142 g/mol. The summed E-state index contributed by atoms with van der Waals surface area (Å²) in [7, 11) is -0.855. The first-order chi connectivity index (χ1) is 4.04. The van der Waals surface area contributed by atoms with Crippen molar-refractivity contribution in [1.29, 1.82) is 0 Å². The lowest BCUT2D eigenvalue weighted by molar-refractivity contribution is 0.728. The van der Waals surface area contributed by atoms with E-state index in [1.165, 1.54) is 0 Å². The molecule has 0 N–H and O–H groups in total. The zero-order valence-corrected chi connectivity index (χ0v) is 6.95. The van der Waals surface area contributed by atoms with Crippen LogP contribution in [-0.4, -0.2) is 17.0 Å². The molecule has 0 nitrogen and oxygen atoms in total. The topological polar surface area (TPSA) is 0 Å². The van der Waals surface area contributed by atoms with Crippen LogP contribution in [-0.2, 0) is 0 Å². The van der Waals surface area contributed by atoms with Gasteiger partial charge in [0.05, 0.1) is 0 Å². The summed E-state index contributed by atoms with van der Waals surface area (Å²) in [6, 6.07) is 0. The molecule has 0 spiro atoms. The van der Waals surface area contributed by atoms with Crippen LogP contribution in [0.2, 0.25) is 0 Å². The maximum Gasteiger partial charge on any atom is 0.00125 e. The Kier molecular flexibility index (Phi) is 1.47. The minimum atomic E-state index is -0.855. The molecule has 52 valence electrons. The van der Waals surface area contributed by atoms with Crippen molar-refractivity contribution in [2.45, 2.75) is 19.1 Å². The standard InChI is InChI=1S/C8H14S/c1-7-5-6-9(3,4)8(7)2/h5-8H,3-4H2,1-2H3/t7-,8-/m1/s1. The molecule has 1 heteroatoms. The van der Waals surface area contributed by atoms with Crippen molar-refractivity contribution in [1.82, 2.24) is 0 Å². The van der Waals surface area contributed by atoms with Gasteiger partial charge in [-0.3, -0.25) is 0 Å². The third-order valence-corrected chi connectivity index (χ3v) is 4.74.